The highest BCUT2D eigenvalue weighted by atomic mass is 16.4. The molecule has 0 amide bonds. The molecule has 0 fully saturated rings. The van der Waals surface area contributed by atoms with Crippen LogP contribution in [-0.2, 0) is 6.54 Å². The molecule has 0 aliphatic carbocycles. The molecule has 0 aliphatic heterocycles. The molecule has 1 atom stereocenters. The molecule has 0 spiro atoms. The fourth-order valence-corrected chi connectivity index (χ4v) is 1.88. The average molecular weight is 239 g/mol. The minimum Gasteiger partial charge on any atom is -0.475 e. The maximum Gasteiger partial charge on any atom is 0.372 e. The smallest absolute Gasteiger partial charge is 0.372 e. The quantitative estimate of drug-likeness (QED) is 0.829. The standard InChI is InChI=1S/C13H21NO3/c1-5-10(4)14(6-2)8-11-7-9(3)12(17-11)13(15)16/h7,10H,5-6,8H2,1-4H3,(H,15,16). The monoisotopic (exact) mass is 239 g/mol. The number of nitrogens with zero attached hydrogens (tertiary/aromatic N) is 1. The summed E-state index contributed by atoms with van der Waals surface area (Å²) in [6.07, 6.45) is 1.07. The van der Waals surface area contributed by atoms with Gasteiger partial charge in [-0.15, -0.1) is 0 Å². The molecule has 1 N–H and O–H groups in total. The first-order valence-corrected chi connectivity index (χ1v) is 6.06. The van der Waals surface area contributed by atoms with Crippen LogP contribution >= 0.6 is 0 Å². The number of furan rings is 1. The highest BCUT2D eigenvalue weighted by Gasteiger charge is 2.17. The Morgan fingerprint density at radius 1 is 1.53 bits per heavy atom. The topological polar surface area (TPSA) is 53.7 Å². The zero-order valence-electron chi connectivity index (χ0n) is 11.0. The van der Waals surface area contributed by atoms with Gasteiger partial charge in [0.1, 0.15) is 5.76 Å². The summed E-state index contributed by atoms with van der Waals surface area (Å²) < 4.78 is 5.36. The maximum atomic E-state index is 10.9. The van der Waals surface area contributed by atoms with E-state index in [1.54, 1.807) is 6.92 Å². The summed E-state index contributed by atoms with van der Waals surface area (Å²) in [5, 5.41) is 8.92. The van der Waals surface area contributed by atoms with Crippen molar-refractivity contribution < 1.29 is 14.3 Å². The molecule has 4 nitrogen and oxygen atoms in total. The summed E-state index contributed by atoms with van der Waals surface area (Å²) in [4.78, 5) is 13.1. The van der Waals surface area contributed by atoms with Crippen LogP contribution in [0.25, 0.3) is 0 Å². The van der Waals surface area contributed by atoms with Gasteiger partial charge in [-0.1, -0.05) is 13.8 Å². The van der Waals surface area contributed by atoms with Gasteiger partial charge in [-0.05, 0) is 32.9 Å². The maximum absolute atomic E-state index is 10.9. The van der Waals surface area contributed by atoms with E-state index in [9.17, 15) is 4.79 Å². The Kier molecular flexibility index (Phi) is 4.75. The number of rotatable bonds is 6. The highest BCUT2D eigenvalue weighted by molar-refractivity contribution is 5.86. The van der Waals surface area contributed by atoms with Crippen molar-refractivity contribution in [2.45, 2.75) is 46.7 Å². The van der Waals surface area contributed by atoms with Crippen LogP contribution in [0.2, 0.25) is 0 Å². The van der Waals surface area contributed by atoms with Gasteiger partial charge in [0.2, 0.25) is 5.76 Å². The summed E-state index contributed by atoms with van der Waals surface area (Å²) in [6.45, 7) is 9.76. The van der Waals surface area contributed by atoms with Crippen LogP contribution in [0.4, 0.5) is 0 Å². The SMILES string of the molecule is CCC(C)N(CC)Cc1cc(C)c(C(=O)O)o1. The van der Waals surface area contributed by atoms with E-state index >= 15 is 0 Å². The van der Waals surface area contributed by atoms with Crippen LogP contribution in [0, 0.1) is 6.92 Å². The average Bonchev–Trinajstić information content (AvgIpc) is 2.66. The zero-order valence-corrected chi connectivity index (χ0v) is 11.0. The lowest BCUT2D eigenvalue weighted by Crippen LogP contribution is -2.31. The summed E-state index contributed by atoms with van der Waals surface area (Å²) >= 11 is 0. The number of hydrogen-bond donors (Lipinski definition) is 1. The molecule has 0 aromatic carbocycles. The van der Waals surface area contributed by atoms with Gasteiger partial charge >= 0.3 is 5.97 Å². The van der Waals surface area contributed by atoms with Crippen molar-refractivity contribution in [3.8, 4) is 0 Å². The van der Waals surface area contributed by atoms with Crippen LogP contribution in [0.3, 0.4) is 0 Å². The summed E-state index contributed by atoms with van der Waals surface area (Å²) in [5.74, 6) is -0.220. The third kappa shape index (κ3) is 3.33. The summed E-state index contributed by atoms with van der Waals surface area (Å²) in [6, 6.07) is 2.28. The van der Waals surface area contributed by atoms with Crippen LogP contribution in [-0.4, -0.2) is 28.6 Å². The Labute approximate surface area is 102 Å². The zero-order chi connectivity index (χ0) is 13.0. The number of aromatic carboxylic acids is 1. The molecule has 1 rings (SSSR count). The Morgan fingerprint density at radius 2 is 2.18 bits per heavy atom. The Balaban J connectivity index is 2.80. The van der Waals surface area contributed by atoms with Crippen molar-refractivity contribution >= 4 is 5.97 Å². The van der Waals surface area contributed by atoms with Crippen molar-refractivity contribution in [1.82, 2.24) is 4.90 Å². The first-order chi connectivity index (χ1) is 7.99. The second-order valence-electron chi connectivity index (χ2n) is 4.35. The van der Waals surface area contributed by atoms with Crippen molar-refractivity contribution in [1.29, 1.82) is 0 Å². The number of carbonyl (C=O) groups is 1. The van der Waals surface area contributed by atoms with Gasteiger partial charge < -0.3 is 9.52 Å². The van der Waals surface area contributed by atoms with E-state index in [0.717, 1.165) is 18.7 Å². The molecular weight excluding hydrogens is 218 g/mol. The molecule has 0 saturated carbocycles. The van der Waals surface area contributed by atoms with Crippen molar-refractivity contribution in [2.75, 3.05) is 6.54 Å². The van der Waals surface area contributed by atoms with Gasteiger partial charge in [-0.25, -0.2) is 4.79 Å². The molecule has 0 aliphatic rings. The van der Waals surface area contributed by atoms with Crippen molar-refractivity contribution in [3.63, 3.8) is 0 Å². The van der Waals surface area contributed by atoms with Gasteiger partial charge in [0.25, 0.3) is 0 Å². The normalized spacial score (nSPS) is 13.0. The molecule has 1 aromatic rings. The molecular formula is C13H21NO3. The van der Waals surface area contributed by atoms with Crippen LogP contribution in [0.5, 0.6) is 0 Å². The van der Waals surface area contributed by atoms with Gasteiger partial charge in [0.05, 0.1) is 6.54 Å². The van der Waals surface area contributed by atoms with Gasteiger partial charge in [0.15, 0.2) is 0 Å². The first kappa shape index (κ1) is 13.8. The first-order valence-electron chi connectivity index (χ1n) is 6.06. The predicted octanol–water partition coefficient (Wildman–Crippen LogP) is 2.91. The highest BCUT2D eigenvalue weighted by Crippen LogP contribution is 2.17. The number of aryl methyl sites for hydroxylation is 1. The molecule has 0 radical (unpaired) electrons. The minimum absolute atomic E-state index is 0.0557. The Hall–Kier alpha value is -1.29. The van der Waals surface area contributed by atoms with Crippen LogP contribution < -0.4 is 0 Å². The fraction of sp³-hybridized carbons (Fsp3) is 0.615. The minimum atomic E-state index is -1.000. The molecule has 1 heterocycles. The van der Waals surface area contributed by atoms with Crippen molar-refractivity contribution in [3.05, 3.63) is 23.2 Å². The van der Waals surface area contributed by atoms with Crippen LogP contribution in [0.15, 0.2) is 10.5 Å². The largest absolute Gasteiger partial charge is 0.475 e. The summed E-state index contributed by atoms with van der Waals surface area (Å²) in [5.41, 5.74) is 0.688. The number of carboxylic acids is 1. The van der Waals surface area contributed by atoms with Gasteiger partial charge in [-0.3, -0.25) is 4.90 Å². The number of hydrogen-bond acceptors (Lipinski definition) is 3. The second-order valence-corrected chi connectivity index (χ2v) is 4.35. The Morgan fingerprint density at radius 3 is 2.59 bits per heavy atom. The van der Waals surface area contributed by atoms with E-state index in [-0.39, 0.29) is 5.76 Å². The number of carboxylic acid groups (broad SMARTS) is 1. The second kappa shape index (κ2) is 5.87. The lowest BCUT2D eigenvalue weighted by molar-refractivity contribution is 0.0656. The third-order valence-electron chi connectivity index (χ3n) is 3.14. The lowest BCUT2D eigenvalue weighted by Gasteiger charge is -2.25. The molecule has 1 aromatic heterocycles. The van der Waals surface area contributed by atoms with E-state index < -0.39 is 5.97 Å². The van der Waals surface area contributed by atoms with E-state index in [1.807, 2.05) is 6.07 Å². The van der Waals surface area contributed by atoms with Gasteiger partial charge in [0, 0.05) is 11.6 Å². The molecule has 0 bridgehead atoms. The van der Waals surface area contributed by atoms with Gasteiger partial charge in [-0.2, -0.15) is 0 Å². The predicted molar refractivity (Wildman–Crippen MR) is 66.2 cm³/mol. The molecule has 17 heavy (non-hydrogen) atoms. The molecule has 4 heteroatoms. The van der Waals surface area contributed by atoms with Crippen molar-refractivity contribution in [2.24, 2.45) is 0 Å². The third-order valence-corrected chi connectivity index (χ3v) is 3.14. The van der Waals surface area contributed by atoms with E-state index in [4.69, 9.17) is 9.52 Å². The van der Waals surface area contributed by atoms with E-state index in [0.29, 0.717) is 18.2 Å². The lowest BCUT2D eigenvalue weighted by atomic mass is 10.2. The molecule has 96 valence electrons. The molecule has 0 saturated heterocycles. The summed E-state index contributed by atoms with van der Waals surface area (Å²) in [7, 11) is 0. The van der Waals surface area contributed by atoms with Crippen LogP contribution in [0.1, 0.15) is 49.1 Å². The Bertz CT molecular complexity index is 384. The van der Waals surface area contributed by atoms with E-state index in [1.165, 1.54) is 0 Å². The fourth-order valence-electron chi connectivity index (χ4n) is 1.88. The van der Waals surface area contributed by atoms with E-state index in [2.05, 4.69) is 25.7 Å². The molecule has 1 unspecified atom stereocenters.